The van der Waals surface area contributed by atoms with Gasteiger partial charge in [0.05, 0.1) is 11.9 Å². The number of aryl methyl sites for hydroxylation is 1. The number of rotatable bonds is 6. The van der Waals surface area contributed by atoms with Crippen LogP contribution < -0.4 is 9.62 Å². The van der Waals surface area contributed by atoms with Gasteiger partial charge in [-0.15, -0.1) is 0 Å². The van der Waals surface area contributed by atoms with Crippen LogP contribution in [-0.4, -0.2) is 26.6 Å². The average molecular weight is 415 g/mol. The SMILES string of the molecule is CCC(C(=O)Nc1cccc(Cl)c1)N(c1ccc(C)c(Cl)c1)S(C)(=O)=O. The van der Waals surface area contributed by atoms with Gasteiger partial charge in [-0.3, -0.25) is 9.10 Å². The Morgan fingerprint density at radius 1 is 1.19 bits per heavy atom. The van der Waals surface area contributed by atoms with Crippen molar-refractivity contribution in [2.45, 2.75) is 26.3 Å². The molecule has 0 fully saturated rings. The lowest BCUT2D eigenvalue weighted by molar-refractivity contribution is -0.117. The van der Waals surface area contributed by atoms with Gasteiger partial charge in [-0.1, -0.05) is 42.3 Å². The molecule has 0 aliphatic carbocycles. The Bertz CT molecular complexity index is 916. The number of carbonyl (C=O) groups is 1. The monoisotopic (exact) mass is 414 g/mol. The maximum Gasteiger partial charge on any atom is 0.248 e. The fourth-order valence-electron chi connectivity index (χ4n) is 2.57. The van der Waals surface area contributed by atoms with Crippen LogP contribution in [0.3, 0.4) is 0 Å². The van der Waals surface area contributed by atoms with E-state index in [1.807, 2.05) is 6.92 Å². The fraction of sp³-hybridized carbons (Fsp3) is 0.278. The summed E-state index contributed by atoms with van der Waals surface area (Å²) in [6.07, 6.45) is 1.35. The molecular formula is C18H20Cl2N2O3S. The largest absolute Gasteiger partial charge is 0.324 e. The summed E-state index contributed by atoms with van der Waals surface area (Å²) >= 11 is 12.1. The second kappa shape index (κ2) is 8.29. The molecule has 1 atom stereocenters. The maximum absolute atomic E-state index is 12.8. The average Bonchev–Trinajstić information content (AvgIpc) is 2.54. The van der Waals surface area contributed by atoms with E-state index < -0.39 is 22.0 Å². The highest BCUT2D eigenvalue weighted by atomic mass is 35.5. The van der Waals surface area contributed by atoms with E-state index in [4.69, 9.17) is 23.2 Å². The molecule has 140 valence electrons. The Morgan fingerprint density at radius 3 is 2.42 bits per heavy atom. The Hall–Kier alpha value is -1.76. The minimum atomic E-state index is -3.72. The number of sulfonamides is 1. The number of benzene rings is 2. The van der Waals surface area contributed by atoms with Gasteiger partial charge in [0.25, 0.3) is 0 Å². The number of nitrogens with zero attached hydrogens (tertiary/aromatic N) is 1. The first kappa shape index (κ1) is 20.6. The van der Waals surface area contributed by atoms with E-state index >= 15 is 0 Å². The van der Waals surface area contributed by atoms with Gasteiger partial charge in [0.1, 0.15) is 6.04 Å². The first-order chi connectivity index (χ1) is 12.1. The van der Waals surface area contributed by atoms with Crippen LogP contribution in [0.1, 0.15) is 18.9 Å². The molecule has 0 saturated heterocycles. The molecule has 0 aromatic heterocycles. The van der Waals surface area contributed by atoms with Gasteiger partial charge in [0.2, 0.25) is 15.9 Å². The number of carbonyl (C=O) groups excluding carboxylic acids is 1. The lowest BCUT2D eigenvalue weighted by atomic mass is 10.1. The van der Waals surface area contributed by atoms with Gasteiger partial charge in [-0.25, -0.2) is 8.42 Å². The number of nitrogens with one attached hydrogen (secondary N) is 1. The van der Waals surface area contributed by atoms with Crippen molar-refractivity contribution < 1.29 is 13.2 Å². The van der Waals surface area contributed by atoms with Crippen LogP contribution in [0.15, 0.2) is 42.5 Å². The van der Waals surface area contributed by atoms with Crippen LogP contribution in [0.2, 0.25) is 10.0 Å². The molecule has 2 aromatic carbocycles. The highest BCUT2D eigenvalue weighted by molar-refractivity contribution is 7.92. The van der Waals surface area contributed by atoms with Gasteiger partial charge in [0.15, 0.2) is 0 Å². The van der Waals surface area contributed by atoms with Gasteiger partial charge < -0.3 is 5.32 Å². The Kier molecular flexibility index (Phi) is 6.55. The van der Waals surface area contributed by atoms with E-state index in [0.29, 0.717) is 21.4 Å². The van der Waals surface area contributed by atoms with Crippen LogP contribution in [0, 0.1) is 6.92 Å². The van der Waals surface area contributed by atoms with Gasteiger partial charge in [-0.2, -0.15) is 0 Å². The number of hydrogen-bond donors (Lipinski definition) is 1. The van der Waals surface area contributed by atoms with E-state index in [-0.39, 0.29) is 6.42 Å². The number of amides is 1. The topological polar surface area (TPSA) is 66.5 Å². The molecule has 1 N–H and O–H groups in total. The summed E-state index contributed by atoms with van der Waals surface area (Å²) in [4.78, 5) is 12.8. The predicted molar refractivity (Wildman–Crippen MR) is 108 cm³/mol. The molecule has 0 heterocycles. The third kappa shape index (κ3) is 4.90. The van der Waals surface area contributed by atoms with Crippen molar-refractivity contribution in [3.63, 3.8) is 0 Å². The van der Waals surface area contributed by atoms with E-state index in [9.17, 15) is 13.2 Å². The van der Waals surface area contributed by atoms with Gasteiger partial charge >= 0.3 is 0 Å². The minimum Gasteiger partial charge on any atom is -0.324 e. The minimum absolute atomic E-state index is 0.283. The number of hydrogen-bond acceptors (Lipinski definition) is 3. The summed E-state index contributed by atoms with van der Waals surface area (Å²) in [6.45, 7) is 3.57. The fourth-order valence-corrected chi connectivity index (χ4v) is 4.14. The summed E-state index contributed by atoms with van der Waals surface area (Å²) in [5, 5.41) is 3.62. The summed E-state index contributed by atoms with van der Waals surface area (Å²) in [7, 11) is -3.72. The van der Waals surface area contributed by atoms with Crippen molar-refractivity contribution in [1.82, 2.24) is 0 Å². The standard InChI is InChI=1S/C18H20Cl2N2O3S/c1-4-17(18(23)21-14-7-5-6-13(19)10-14)22(26(3,24)25)15-9-8-12(2)16(20)11-15/h5-11,17H,4H2,1-3H3,(H,21,23). The van der Waals surface area contributed by atoms with Crippen molar-refractivity contribution in [1.29, 1.82) is 0 Å². The summed E-state index contributed by atoms with van der Waals surface area (Å²) < 4.78 is 25.9. The van der Waals surface area contributed by atoms with Crippen molar-refractivity contribution in [2.24, 2.45) is 0 Å². The Labute approximate surface area is 164 Å². The molecule has 2 rings (SSSR count). The van der Waals surface area contributed by atoms with E-state index in [1.165, 1.54) is 0 Å². The zero-order chi connectivity index (χ0) is 19.5. The first-order valence-electron chi connectivity index (χ1n) is 7.95. The molecule has 5 nitrogen and oxygen atoms in total. The van der Waals surface area contributed by atoms with Crippen molar-refractivity contribution >= 4 is 50.5 Å². The Morgan fingerprint density at radius 2 is 1.88 bits per heavy atom. The smallest absolute Gasteiger partial charge is 0.248 e. The van der Waals surface area contributed by atoms with Crippen molar-refractivity contribution in [3.05, 3.63) is 58.1 Å². The first-order valence-corrected chi connectivity index (χ1v) is 10.6. The third-order valence-electron chi connectivity index (χ3n) is 3.83. The summed E-state index contributed by atoms with van der Waals surface area (Å²) in [5.74, 6) is -0.447. The van der Waals surface area contributed by atoms with Gasteiger partial charge in [-0.05, 0) is 49.2 Å². The molecular weight excluding hydrogens is 395 g/mol. The highest BCUT2D eigenvalue weighted by Gasteiger charge is 2.31. The Balaban J connectivity index is 2.40. The molecule has 0 aliphatic heterocycles. The van der Waals surface area contributed by atoms with E-state index in [2.05, 4.69) is 5.32 Å². The van der Waals surface area contributed by atoms with E-state index in [1.54, 1.807) is 49.4 Å². The normalized spacial score (nSPS) is 12.5. The molecule has 2 aromatic rings. The second-order valence-electron chi connectivity index (χ2n) is 5.92. The van der Waals surface area contributed by atoms with E-state index in [0.717, 1.165) is 16.1 Å². The maximum atomic E-state index is 12.8. The van der Waals surface area contributed by atoms with Crippen molar-refractivity contribution in [3.8, 4) is 0 Å². The highest BCUT2D eigenvalue weighted by Crippen LogP contribution is 2.28. The molecule has 0 saturated carbocycles. The molecule has 0 spiro atoms. The predicted octanol–water partition coefficient (Wildman–Crippen LogP) is 4.49. The molecule has 26 heavy (non-hydrogen) atoms. The second-order valence-corrected chi connectivity index (χ2v) is 8.62. The number of halogens is 2. The van der Waals surface area contributed by atoms with Crippen LogP contribution in [0.4, 0.5) is 11.4 Å². The molecule has 1 unspecified atom stereocenters. The summed E-state index contributed by atoms with van der Waals surface area (Å²) in [6, 6.07) is 10.6. The molecule has 1 amide bonds. The zero-order valence-electron chi connectivity index (χ0n) is 14.7. The van der Waals surface area contributed by atoms with Gasteiger partial charge in [0, 0.05) is 15.7 Å². The van der Waals surface area contributed by atoms with Crippen LogP contribution in [-0.2, 0) is 14.8 Å². The number of anilines is 2. The summed E-state index contributed by atoms with van der Waals surface area (Å²) in [5.41, 5.74) is 1.66. The lowest BCUT2D eigenvalue weighted by Gasteiger charge is -2.30. The lowest BCUT2D eigenvalue weighted by Crippen LogP contribution is -2.47. The molecule has 0 bridgehead atoms. The van der Waals surface area contributed by atoms with Crippen LogP contribution >= 0.6 is 23.2 Å². The van der Waals surface area contributed by atoms with Crippen LogP contribution in [0.25, 0.3) is 0 Å². The van der Waals surface area contributed by atoms with Crippen LogP contribution in [0.5, 0.6) is 0 Å². The molecule has 0 radical (unpaired) electrons. The third-order valence-corrected chi connectivity index (χ3v) is 5.65. The molecule has 0 aliphatic rings. The van der Waals surface area contributed by atoms with Crippen molar-refractivity contribution in [2.75, 3.05) is 15.9 Å². The zero-order valence-corrected chi connectivity index (χ0v) is 17.0. The molecule has 8 heteroatoms. The quantitative estimate of drug-likeness (QED) is 0.756.